The number of carbonyl (C=O) groups is 3. The normalized spacial score (nSPS) is 21.7. The molecule has 3 heterocycles. The van der Waals surface area contributed by atoms with Crippen LogP contribution in [0.4, 0.5) is 5.69 Å². The minimum absolute atomic E-state index is 0.109. The van der Waals surface area contributed by atoms with Gasteiger partial charge in [-0.3, -0.25) is 14.4 Å². The fourth-order valence-corrected chi connectivity index (χ4v) is 5.41. The first-order chi connectivity index (χ1) is 18.0. The highest BCUT2D eigenvalue weighted by atomic mass is 16.6. The number of likely N-dealkylation sites (tertiary alicyclic amines) is 1. The van der Waals surface area contributed by atoms with Crippen LogP contribution < -0.4 is 14.4 Å². The molecular formula is C28H30N2O7. The number of aliphatic hydroxyl groups excluding tert-OH is 1. The molecule has 1 N–H and O–H groups in total. The van der Waals surface area contributed by atoms with E-state index in [1.54, 1.807) is 42.3 Å². The van der Waals surface area contributed by atoms with Gasteiger partial charge in [-0.15, -0.1) is 0 Å². The minimum Gasteiger partial charge on any atom is -0.507 e. The molecule has 5 rings (SSSR count). The number of ketones is 1. The maximum Gasteiger partial charge on any atom is 0.296 e. The van der Waals surface area contributed by atoms with Crippen molar-refractivity contribution in [2.24, 2.45) is 0 Å². The molecule has 9 heteroatoms. The Hall–Kier alpha value is -3.85. The molecule has 3 aliphatic heterocycles. The van der Waals surface area contributed by atoms with E-state index in [1.807, 2.05) is 19.1 Å². The molecule has 0 aliphatic carbocycles. The maximum absolute atomic E-state index is 14.4. The van der Waals surface area contributed by atoms with Crippen LogP contribution in [0.25, 0.3) is 5.76 Å². The predicted octanol–water partition coefficient (Wildman–Crippen LogP) is 3.22. The van der Waals surface area contributed by atoms with Gasteiger partial charge in [0.05, 0.1) is 11.3 Å². The zero-order valence-electron chi connectivity index (χ0n) is 21.0. The van der Waals surface area contributed by atoms with Gasteiger partial charge in [0.25, 0.3) is 17.6 Å². The maximum atomic E-state index is 14.4. The van der Waals surface area contributed by atoms with E-state index in [2.05, 4.69) is 0 Å². The Morgan fingerprint density at radius 2 is 1.78 bits per heavy atom. The smallest absolute Gasteiger partial charge is 0.296 e. The molecule has 3 aliphatic rings. The third kappa shape index (κ3) is 3.76. The monoisotopic (exact) mass is 506 g/mol. The number of para-hydroxylation sites is 1. The Bertz CT molecular complexity index is 1290. The van der Waals surface area contributed by atoms with E-state index < -0.39 is 28.9 Å². The summed E-state index contributed by atoms with van der Waals surface area (Å²) in [5, 5.41) is 11.6. The Kier molecular flexibility index (Phi) is 6.64. The van der Waals surface area contributed by atoms with E-state index in [9.17, 15) is 19.5 Å². The van der Waals surface area contributed by atoms with E-state index in [-0.39, 0.29) is 17.7 Å². The van der Waals surface area contributed by atoms with Gasteiger partial charge in [-0.1, -0.05) is 31.5 Å². The number of rotatable bonds is 8. The van der Waals surface area contributed by atoms with Crippen LogP contribution in [0, 0.1) is 0 Å². The van der Waals surface area contributed by atoms with E-state index in [0.29, 0.717) is 55.5 Å². The van der Waals surface area contributed by atoms with Crippen molar-refractivity contribution in [2.45, 2.75) is 31.7 Å². The summed E-state index contributed by atoms with van der Waals surface area (Å²) in [7, 11) is 1.55. The summed E-state index contributed by atoms with van der Waals surface area (Å²) in [4.78, 5) is 44.4. The SMILES string of the molecule is CCCCN1C(=O)[C@@]2(/C(=C(\O)c3ccc4c(c3)OCCO4)C(=O)C(=O)N2CCCOC)c2ccccc21. The highest BCUT2D eigenvalue weighted by Gasteiger charge is 2.66. The van der Waals surface area contributed by atoms with Gasteiger partial charge in [-0.2, -0.15) is 0 Å². The summed E-state index contributed by atoms with van der Waals surface area (Å²) >= 11 is 0. The number of benzene rings is 2. The molecule has 9 nitrogen and oxygen atoms in total. The average molecular weight is 507 g/mol. The van der Waals surface area contributed by atoms with Crippen molar-refractivity contribution in [3.63, 3.8) is 0 Å². The second-order valence-electron chi connectivity index (χ2n) is 9.25. The van der Waals surface area contributed by atoms with Crippen LogP contribution in [0.2, 0.25) is 0 Å². The number of nitrogens with zero attached hydrogens (tertiary/aromatic N) is 2. The summed E-state index contributed by atoms with van der Waals surface area (Å²) in [6, 6.07) is 12.0. The fourth-order valence-electron chi connectivity index (χ4n) is 5.41. The Balaban J connectivity index is 1.74. The quantitative estimate of drug-likeness (QED) is 0.254. The lowest BCUT2D eigenvalue weighted by atomic mass is 9.81. The second-order valence-corrected chi connectivity index (χ2v) is 9.25. The Labute approximate surface area is 215 Å². The van der Waals surface area contributed by atoms with Gasteiger partial charge >= 0.3 is 0 Å². The Morgan fingerprint density at radius 3 is 2.54 bits per heavy atom. The van der Waals surface area contributed by atoms with E-state index >= 15 is 0 Å². The number of hydrogen-bond donors (Lipinski definition) is 1. The van der Waals surface area contributed by atoms with Crippen molar-refractivity contribution < 1.29 is 33.7 Å². The van der Waals surface area contributed by atoms with Crippen LogP contribution in [0.5, 0.6) is 11.5 Å². The van der Waals surface area contributed by atoms with Gasteiger partial charge in [-0.25, -0.2) is 0 Å². The van der Waals surface area contributed by atoms with Crippen LogP contribution in [0.1, 0.15) is 37.3 Å². The van der Waals surface area contributed by atoms with Gasteiger partial charge in [-0.05, 0) is 37.1 Å². The number of Topliss-reactive ketones (excluding diaryl/α,β-unsaturated/α-hetero) is 1. The third-order valence-electron chi connectivity index (χ3n) is 7.09. The number of carbonyl (C=O) groups excluding carboxylic acids is 3. The highest BCUT2D eigenvalue weighted by Crippen LogP contribution is 2.54. The third-order valence-corrected chi connectivity index (χ3v) is 7.09. The number of amides is 2. The highest BCUT2D eigenvalue weighted by molar-refractivity contribution is 6.50. The van der Waals surface area contributed by atoms with Crippen LogP contribution >= 0.6 is 0 Å². The van der Waals surface area contributed by atoms with Gasteiger partial charge in [0.1, 0.15) is 19.0 Å². The molecule has 1 fully saturated rings. The van der Waals surface area contributed by atoms with Crippen molar-refractivity contribution in [2.75, 3.05) is 44.9 Å². The summed E-state index contributed by atoms with van der Waals surface area (Å²) in [5.74, 6) is -1.63. The lowest BCUT2D eigenvalue weighted by Crippen LogP contribution is -2.52. The molecule has 0 bridgehead atoms. The van der Waals surface area contributed by atoms with Crippen LogP contribution in [-0.2, 0) is 24.7 Å². The van der Waals surface area contributed by atoms with E-state index in [0.717, 1.165) is 12.8 Å². The Morgan fingerprint density at radius 1 is 1.03 bits per heavy atom. The van der Waals surface area contributed by atoms with Crippen molar-refractivity contribution in [1.29, 1.82) is 0 Å². The molecule has 1 spiro atoms. The summed E-state index contributed by atoms with van der Waals surface area (Å²) in [6.45, 7) is 3.67. The molecule has 2 aromatic rings. The number of methoxy groups -OCH3 is 1. The largest absolute Gasteiger partial charge is 0.507 e. The van der Waals surface area contributed by atoms with Crippen molar-refractivity contribution in [1.82, 2.24) is 4.90 Å². The van der Waals surface area contributed by atoms with Gasteiger partial charge < -0.3 is 29.1 Å². The molecule has 194 valence electrons. The molecule has 0 aromatic heterocycles. The first kappa shape index (κ1) is 24.8. The first-order valence-electron chi connectivity index (χ1n) is 12.6. The van der Waals surface area contributed by atoms with Crippen molar-refractivity contribution >= 4 is 29.0 Å². The van der Waals surface area contributed by atoms with Crippen molar-refractivity contribution in [3.8, 4) is 11.5 Å². The van der Waals surface area contributed by atoms with Gasteiger partial charge in [0.2, 0.25) is 0 Å². The first-order valence-corrected chi connectivity index (χ1v) is 12.6. The molecule has 1 saturated heterocycles. The summed E-state index contributed by atoms with van der Waals surface area (Å²) in [5.41, 5.74) is -0.609. The molecule has 0 radical (unpaired) electrons. The fraction of sp³-hybridized carbons (Fsp3) is 0.393. The number of unbranched alkanes of at least 4 members (excludes halogenated alkanes) is 1. The van der Waals surface area contributed by atoms with Gasteiger partial charge in [0.15, 0.2) is 17.0 Å². The number of ether oxygens (including phenoxy) is 3. The molecule has 37 heavy (non-hydrogen) atoms. The lowest BCUT2D eigenvalue weighted by molar-refractivity contribution is -0.143. The minimum atomic E-state index is -1.77. The molecule has 2 amide bonds. The predicted molar refractivity (Wildman–Crippen MR) is 136 cm³/mol. The lowest BCUT2D eigenvalue weighted by Gasteiger charge is -2.34. The topological polar surface area (TPSA) is 106 Å². The molecule has 1 atom stereocenters. The zero-order valence-corrected chi connectivity index (χ0v) is 21.0. The standard InChI is InChI=1S/C28H30N2O7/c1-3-4-12-29-20-9-6-5-8-19(20)28(27(29)34)23(25(32)26(33)30(28)13-7-14-35-2)24(31)18-10-11-21-22(17-18)37-16-15-36-21/h5-6,8-11,17,31H,3-4,7,12-16H2,1-2H3/b24-23-/t28-/m0/s1. The van der Waals surface area contributed by atoms with Crippen molar-refractivity contribution in [3.05, 3.63) is 59.2 Å². The molecule has 2 aromatic carbocycles. The number of hydrogen-bond acceptors (Lipinski definition) is 7. The summed E-state index contributed by atoms with van der Waals surface area (Å²) in [6.07, 6.45) is 2.02. The molecule has 0 unspecified atom stereocenters. The van der Waals surface area contributed by atoms with Crippen LogP contribution in [0.3, 0.4) is 0 Å². The summed E-state index contributed by atoms with van der Waals surface area (Å²) < 4.78 is 16.4. The van der Waals surface area contributed by atoms with E-state index in [4.69, 9.17) is 14.2 Å². The number of anilines is 1. The van der Waals surface area contributed by atoms with Crippen LogP contribution in [0.15, 0.2) is 48.0 Å². The zero-order chi connectivity index (χ0) is 26.2. The number of aliphatic hydroxyl groups is 1. The number of fused-ring (bicyclic) bond motifs is 3. The van der Waals surface area contributed by atoms with Crippen LogP contribution in [-0.4, -0.2) is 67.6 Å². The van der Waals surface area contributed by atoms with Gasteiger partial charge in [0, 0.05) is 37.9 Å². The average Bonchev–Trinajstić information content (AvgIpc) is 3.30. The van der Waals surface area contributed by atoms with E-state index in [1.165, 1.54) is 4.90 Å². The molecular weight excluding hydrogens is 476 g/mol. The molecule has 0 saturated carbocycles. The second kappa shape index (κ2) is 9.89.